The SMILES string of the molecule is CC(C)CCCNC(=O)OCC1C2CCc3cnn(C(C)C)c3CCC21. The lowest BCUT2D eigenvalue weighted by Gasteiger charge is -2.14. The van der Waals surface area contributed by atoms with E-state index in [1.165, 1.54) is 24.1 Å². The van der Waals surface area contributed by atoms with Gasteiger partial charge in [0.1, 0.15) is 0 Å². The molecule has 26 heavy (non-hydrogen) atoms. The molecular formula is C21H35N3O2. The number of alkyl carbamates (subject to hydrolysis) is 1. The monoisotopic (exact) mass is 361 g/mol. The van der Waals surface area contributed by atoms with Gasteiger partial charge in [-0.1, -0.05) is 13.8 Å². The summed E-state index contributed by atoms with van der Waals surface area (Å²) >= 11 is 0. The van der Waals surface area contributed by atoms with E-state index in [1.807, 2.05) is 0 Å². The summed E-state index contributed by atoms with van der Waals surface area (Å²) in [5, 5.41) is 7.47. The molecule has 1 amide bonds. The van der Waals surface area contributed by atoms with Crippen molar-refractivity contribution in [2.45, 2.75) is 72.3 Å². The number of hydrogen-bond donors (Lipinski definition) is 1. The van der Waals surface area contributed by atoms with Gasteiger partial charge >= 0.3 is 6.09 Å². The lowest BCUT2D eigenvalue weighted by atomic mass is 9.99. The summed E-state index contributed by atoms with van der Waals surface area (Å²) < 4.78 is 7.69. The second-order valence-corrected chi connectivity index (χ2v) is 8.79. The molecule has 5 nitrogen and oxygen atoms in total. The van der Waals surface area contributed by atoms with Gasteiger partial charge in [0.2, 0.25) is 0 Å². The Kier molecular flexibility index (Phi) is 6.25. The van der Waals surface area contributed by atoms with Crippen LogP contribution in [-0.4, -0.2) is 29.0 Å². The van der Waals surface area contributed by atoms with Crippen molar-refractivity contribution < 1.29 is 9.53 Å². The van der Waals surface area contributed by atoms with Gasteiger partial charge in [0.05, 0.1) is 12.8 Å². The van der Waals surface area contributed by atoms with Crippen LogP contribution in [0.4, 0.5) is 4.79 Å². The van der Waals surface area contributed by atoms with Crippen molar-refractivity contribution in [3.63, 3.8) is 0 Å². The molecule has 1 saturated carbocycles. The van der Waals surface area contributed by atoms with Crippen LogP contribution in [0.1, 0.15) is 70.7 Å². The fraction of sp³-hybridized carbons (Fsp3) is 0.810. The lowest BCUT2D eigenvalue weighted by molar-refractivity contribution is 0.137. The minimum absolute atomic E-state index is 0.244. The summed E-state index contributed by atoms with van der Waals surface area (Å²) in [5.41, 5.74) is 2.85. The molecule has 0 bridgehead atoms. The van der Waals surface area contributed by atoms with Gasteiger partial charge in [0, 0.05) is 18.3 Å². The van der Waals surface area contributed by atoms with E-state index in [0.29, 0.717) is 30.4 Å². The van der Waals surface area contributed by atoms with Gasteiger partial charge in [-0.3, -0.25) is 4.68 Å². The Morgan fingerprint density at radius 2 is 2.00 bits per heavy atom. The average Bonchev–Trinajstić information content (AvgIpc) is 3.05. The summed E-state index contributed by atoms with van der Waals surface area (Å²) in [6, 6.07) is 0.423. The molecular weight excluding hydrogens is 326 g/mol. The lowest BCUT2D eigenvalue weighted by Crippen LogP contribution is -2.26. The molecule has 0 aliphatic heterocycles. The first kappa shape index (κ1) is 19.2. The summed E-state index contributed by atoms with van der Waals surface area (Å²) in [6.07, 6.45) is 8.59. The van der Waals surface area contributed by atoms with E-state index in [9.17, 15) is 4.79 Å². The summed E-state index contributed by atoms with van der Waals surface area (Å²) in [4.78, 5) is 11.9. The van der Waals surface area contributed by atoms with Crippen molar-refractivity contribution in [1.82, 2.24) is 15.1 Å². The zero-order chi connectivity index (χ0) is 18.7. The molecule has 3 atom stereocenters. The average molecular weight is 362 g/mol. The topological polar surface area (TPSA) is 56.1 Å². The number of rotatable bonds is 7. The smallest absolute Gasteiger partial charge is 0.407 e. The molecule has 1 aromatic heterocycles. The van der Waals surface area contributed by atoms with Gasteiger partial charge in [0.15, 0.2) is 0 Å². The third-order valence-corrected chi connectivity index (χ3v) is 6.08. The highest BCUT2D eigenvalue weighted by Crippen LogP contribution is 2.53. The molecule has 0 aromatic carbocycles. The van der Waals surface area contributed by atoms with E-state index in [-0.39, 0.29) is 6.09 Å². The molecule has 0 spiro atoms. The minimum atomic E-state index is -0.244. The zero-order valence-corrected chi connectivity index (χ0v) is 16.8. The van der Waals surface area contributed by atoms with Crippen molar-refractivity contribution in [2.24, 2.45) is 23.7 Å². The number of aryl methyl sites for hydroxylation is 1. The predicted octanol–water partition coefficient (Wildman–Crippen LogP) is 4.37. The second kappa shape index (κ2) is 8.45. The van der Waals surface area contributed by atoms with Crippen LogP contribution in [0, 0.1) is 23.7 Å². The standard InChI is InChI=1S/C21H35N3O2/c1-14(2)6-5-11-22-21(25)26-13-19-17-8-7-16-12-23-24(15(3)4)20(16)10-9-18(17)19/h12,14-15,17-19H,5-11,13H2,1-4H3,(H,22,25). The van der Waals surface area contributed by atoms with Gasteiger partial charge in [-0.2, -0.15) is 5.10 Å². The number of carbonyl (C=O) groups excluding carboxylic acids is 1. The Labute approximate surface area is 157 Å². The van der Waals surface area contributed by atoms with E-state index in [4.69, 9.17) is 4.74 Å². The van der Waals surface area contributed by atoms with Crippen molar-refractivity contribution in [3.05, 3.63) is 17.5 Å². The minimum Gasteiger partial charge on any atom is -0.449 e. The second-order valence-electron chi connectivity index (χ2n) is 8.79. The van der Waals surface area contributed by atoms with Crippen LogP contribution in [0.2, 0.25) is 0 Å². The first-order valence-electron chi connectivity index (χ1n) is 10.4. The van der Waals surface area contributed by atoms with Gasteiger partial charge < -0.3 is 10.1 Å². The quantitative estimate of drug-likeness (QED) is 0.734. The molecule has 1 heterocycles. The van der Waals surface area contributed by atoms with Crippen molar-refractivity contribution in [1.29, 1.82) is 0 Å². The van der Waals surface area contributed by atoms with Crippen LogP contribution in [-0.2, 0) is 17.6 Å². The molecule has 3 rings (SSSR count). The molecule has 0 radical (unpaired) electrons. The number of ether oxygens (including phenoxy) is 1. The number of nitrogens with zero attached hydrogens (tertiary/aromatic N) is 2. The maximum absolute atomic E-state index is 11.9. The fourth-order valence-electron chi connectivity index (χ4n) is 4.53. The van der Waals surface area contributed by atoms with Gasteiger partial charge in [-0.05, 0) is 81.6 Å². The largest absolute Gasteiger partial charge is 0.449 e. The Morgan fingerprint density at radius 3 is 2.69 bits per heavy atom. The van der Waals surface area contributed by atoms with Gasteiger partial charge in [-0.25, -0.2) is 4.79 Å². The molecule has 3 unspecified atom stereocenters. The van der Waals surface area contributed by atoms with Crippen LogP contribution in [0.25, 0.3) is 0 Å². The highest BCUT2D eigenvalue weighted by atomic mass is 16.5. The van der Waals surface area contributed by atoms with Crippen LogP contribution in [0.3, 0.4) is 0 Å². The fourth-order valence-corrected chi connectivity index (χ4v) is 4.53. The zero-order valence-electron chi connectivity index (χ0n) is 16.8. The number of hydrogen-bond acceptors (Lipinski definition) is 3. The summed E-state index contributed by atoms with van der Waals surface area (Å²) in [7, 11) is 0. The van der Waals surface area contributed by atoms with Crippen molar-refractivity contribution in [2.75, 3.05) is 13.2 Å². The van der Waals surface area contributed by atoms with Crippen LogP contribution >= 0.6 is 0 Å². The van der Waals surface area contributed by atoms with Crippen LogP contribution < -0.4 is 5.32 Å². The Morgan fingerprint density at radius 1 is 1.27 bits per heavy atom. The molecule has 1 fully saturated rings. The first-order valence-corrected chi connectivity index (χ1v) is 10.4. The molecule has 2 aliphatic rings. The Balaban J connectivity index is 1.41. The van der Waals surface area contributed by atoms with E-state index in [2.05, 4.69) is 49.0 Å². The van der Waals surface area contributed by atoms with Crippen LogP contribution in [0.15, 0.2) is 6.20 Å². The molecule has 1 N–H and O–H groups in total. The van der Waals surface area contributed by atoms with E-state index < -0.39 is 0 Å². The van der Waals surface area contributed by atoms with Gasteiger partial charge in [-0.15, -0.1) is 0 Å². The highest BCUT2D eigenvalue weighted by molar-refractivity contribution is 5.67. The normalized spacial score (nSPS) is 24.6. The third-order valence-electron chi connectivity index (χ3n) is 6.08. The van der Waals surface area contributed by atoms with E-state index >= 15 is 0 Å². The highest BCUT2D eigenvalue weighted by Gasteiger charge is 2.50. The summed E-state index contributed by atoms with van der Waals surface area (Å²) in [5.74, 6) is 2.68. The number of amides is 1. The molecule has 146 valence electrons. The Hall–Kier alpha value is -1.52. The first-order chi connectivity index (χ1) is 12.5. The van der Waals surface area contributed by atoms with E-state index in [0.717, 1.165) is 38.1 Å². The van der Waals surface area contributed by atoms with E-state index in [1.54, 1.807) is 0 Å². The predicted molar refractivity (Wildman–Crippen MR) is 103 cm³/mol. The van der Waals surface area contributed by atoms with Gasteiger partial charge in [0.25, 0.3) is 0 Å². The molecule has 5 heteroatoms. The number of nitrogens with one attached hydrogen (secondary N) is 1. The number of aromatic nitrogens is 2. The number of fused-ring (bicyclic) bond motifs is 2. The maximum atomic E-state index is 11.9. The molecule has 0 saturated heterocycles. The maximum Gasteiger partial charge on any atom is 0.407 e. The molecule has 1 aromatic rings. The molecule has 2 aliphatic carbocycles. The van der Waals surface area contributed by atoms with Crippen molar-refractivity contribution in [3.8, 4) is 0 Å². The Bertz CT molecular complexity index is 608. The number of carbonyl (C=O) groups is 1. The summed E-state index contributed by atoms with van der Waals surface area (Å²) in [6.45, 7) is 10.1. The van der Waals surface area contributed by atoms with Crippen LogP contribution in [0.5, 0.6) is 0 Å². The van der Waals surface area contributed by atoms with Crippen molar-refractivity contribution >= 4 is 6.09 Å². The third kappa shape index (κ3) is 4.60.